The van der Waals surface area contributed by atoms with E-state index in [1.54, 1.807) is 13.3 Å². The van der Waals surface area contributed by atoms with Crippen LogP contribution in [0.2, 0.25) is 0 Å². The van der Waals surface area contributed by atoms with E-state index in [2.05, 4.69) is 4.99 Å². The third-order valence-corrected chi connectivity index (χ3v) is 4.26. The molecule has 1 unspecified atom stereocenters. The minimum Gasteiger partial charge on any atom is -0.397 e. The van der Waals surface area contributed by atoms with Crippen LogP contribution in [0.3, 0.4) is 0 Å². The predicted octanol–water partition coefficient (Wildman–Crippen LogP) is 2.23. The summed E-state index contributed by atoms with van der Waals surface area (Å²) in [6.07, 6.45) is 2.53. The summed E-state index contributed by atoms with van der Waals surface area (Å²) >= 11 is 1.48. The first-order valence-corrected chi connectivity index (χ1v) is 6.93. The van der Waals surface area contributed by atoms with Crippen LogP contribution in [-0.4, -0.2) is 32.3 Å². The third-order valence-electron chi connectivity index (χ3n) is 3.33. The molecule has 0 spiro atoms. The highest BCUT2D eigenvalue weighted by molar-refractivity contribution is 7.12. The number of nitrogen functional groups attached to an aromatic ring is 1. The fraction of sp³-hybridized carbons (Fsp3) is 0.538. The summed E-state index contributed by atoms with van der Waals surface area (Å²) in [5.41, 5.74) is 7.13. The van der Waals surface area contributed by atoms with Crippen molar-refractivity contribution in [1.29, 1.82) is 0 Å². The lowest BCUT2D eigenvalue weighted by molar-refractivity contribution is 0.0775. The molecule has 1 aliphatic rings. The average Bonchev–Trinajstić information content (AvgIpc) is 2.67. The molecule has 0 radical (unpaired) electrons. The molecule has 2 atom stereocenters. The number of methoxy groups -OCH3 is 1. The van der Waals surface area contributed by atoms with Gasteiger partial charge in [0.25, 0.3) is 0 Å². The van der Waals surface area contributed by atoms with E-state index in [0.29, 0.717) is 24.4 Å². The largest absolute Gasteiger partial charge is 0.397 e. The fourth-order valence-electron chi connectivity index (χ4n) is 2.35. The van der Waals surface area contributed by atoms with Crippen molar-refractivity contribution in [2.45, 2.75) is 13.3 Å². The molecule has 1 aliphatic heterocycles. The Hall–Kier alpha value is -1.20. The number of ether oxygens (including phenoxy) is 1. The number of aliphatic imine (C=N–C) groups is 1. The Labute approximate surface area is 111 Å². The number of carbonyl (C=O) groups is 1. The predicted molar refractivity (Wildman–Crippen MR) is 74.7 cm³/mol. The number of anilines is 1. The number of hydrogen-bond acceptors (Lipinski definition) is 5. The van der Waals surface area contributed by atoms with Crippen molar-refractivity contribution in [2.24, 2.45) is 16.8 Å². The molecule has 5 heteroatoms. The number of fused-ring (bicyclic) bond motifs is 1. The average molecular weight is 266 g/mol. The molecular weight excluding hydrogens is 248 g/mol. The van der Waals surface area contributed by atoms with Gasteiger partial charge in [-0.2, -0.15) is 0 Å². The SMILES string of the molecule is COCC(C)[C@H]1CCN=Cc2scc(N)c2C1=O. The maximum Gasteiger partial charge on any atom is 0.169 e. The molecule has 0 saturated heterocycles. The molecule has 0 aliphatic carbocycles. The molecule has 0 aromatic carbocycles. The number of carbonyl (C=O) groups excluding carboxylic acids is 1. The van der Waals surface area contributed by atoms with E-state index in [1.165, 1.54) is 11.3 Å². The Morgan fingerprint density at radius 2 is 2.44 bits per heavy atom. The Morgan fingerprint density at radius 1 is 1.67 bits per heavy atom. The van der Waals surface area contributed by atoms with Gasteiger partial charge in [-0.15, -0.1) is 11.3 Å². The zero-order valence-electron chi connectivity index (χ0n) is 10.7. The molecule has 2 heterocycles. The first kappa shape index (κ1) is 13.2. The second-order valence-corrected chi connectivity index (χ2v) is 5.57. The van der Waals surface area contributed by atoms with Gasteiger partial charge in [-0.3, -0.25) is 9.79 Å². The zero-order chi connectivity index (χ0) is 13.1. The molecule has 1 aromatic heterocycles. The van der Waals surface area contributed by atoms with Gasteiger partial charge >= 0.3 is 0 Å². The summed E-state index contributed by atoms with van der Waals surface area (Å²) in [5, 5.41) is 1.82. The topological polar surface area (TPSA) is 64.7 Å². The molecule has 18 heavy (non-hydrogen) atoms. The Kier molecular flexibility index (Phi) is 4.14. The molecule has 0 fully saturated rings. The molecule has 98 valence electrons. The number of rotatable bonds is 3. The summed E-state index contributed by atoms with van der Waals surface area (Å²) in [4.78, 5) is 17.8. The Balaban J connectivity index is 2.34. The van der Waals surface area contributed by atoms with Crippen molar-refractivity contribution in [3.8, 4) is 0 Å². The molecular formula is C13H18N2O2S. The second kappa shape index (κ2) is 5.63. The van der Waals surface area contributed by atoms with Crippen LogP contribution in [-0.2, 0) is 4.74 Å². The van der Waals surface area contributed by atoms with Crippen LogP contribution in [0.4, 0.5) is 5.69 Å². The van der Waals surface area contributed by atoms with Gasteiger partial charge < -0.3 is 10.5 Å². The van der Waals surface area contributed by atoms with E-state index in [0.717, 1.165) is 11.3 Å². The molecule has 0 bridgehead atoms. The number of nitrogens with zero attached hydrogens (tertiary/aromatic N) is 1. The van der Waals surface area contributed by atoms with Crippen molar-refractivity contribution >= 4 is 29.0 Å². The van der Waals surface area contributed by atoms with Gasteiger partial charge in [0, 0.05) is 37.8 Å². The lowest BCUT2D eigenvalue weighted by Gasteiger charge is -2.23. The van der Waals surface area contributed by atoms with E-state index in [9.17, 15) is 4.79 Å². The smallest absolute Gasteiger partial charge is 0.169 e. The van der Waals surface area contributed by atoms with Gasteiger partial charge in [0.15, 0.2) is 5.78 Å². The molecule has 2 rings (SSSR count). The highest BCUT2D eigenvalue weighted by Crippen LogP contribution is 2.31. The highest BCUT2D eigenvalue weighted by atomic mass is 32.1. The monoisotopic (exact) mass is 266 g/mol. The number of ketones is 1. The van der Waals surface area contributed by atoms with Gasteiger partial charge in [0.2, 0.25) is 0 Å². The van der Waals surface area contributed by atoms with Crippen LogP contribution in [0.15, 0.2) is 10.4 Å². The Bertz CT molecular complexity index is 468. The van der Waals surface area contributed by atoms with Crippen LogP contribution >= 0.6 is 11.3 Å². The minimum atomic E-state index is -0.0574. The van der Waals surface area contributed by atoms with Crippen molar-refractivity contribution in [3.63, 3.8) is 0 Å². The molecule has 0 amide bonds. The standard InChI is InChI=1S/C13H18N2O2S/c1-8(6-17-2)9-3-4-15-5-11-12(13(9)16)10(14)7-18-11/h5,7-9H,3-4,6,14H2,1-2H3/t8?,9-/m1/s1. The summed E-state index contributed by atoms with van der Waals surface area (Å²) in [6, 6.07) is 0. The van der Waals surface area contributed by atoms with Crippen LogP contribution in [0, 0.1) is 11.8 Å². The summed E-state index contributed by atoms with van der Waals surface area (Å²) in [5.74, 6) is 0.264. The summed E-state index contributed by atoms with van der Waals surface area (Å²) in [7, 11) is 1.66. The quantitative estimate of drug-likeness (QED) is 0.912. The van der Waals surface area contributed by atoms with Gasteiger partial charge in [0.05, 0.1) is 16.1 Å². The van der Waals surface area contributed by atoms with Crippen molar-refractivity contribution < 1.29 is 9.53 Å². The van der Waals surface area contributed by atoms with Crippen LogP contribution in [0.5, 0.6) is 0 Å². The summed E-state index contributed by atoms with van der Waals surface area (Å²) < 4.78 is 5.16. The molecule has 4 nitrogen and oxygen atoms in total. The lowest BCUT2D eigenvalue weighted by atomic mass is 9.84. The number of thiophene rings is 1. The number of hydrogen-bond donors (Lipinski definition) is 1. The maximum absolute atomic E-state index is 12.6. The molecule has 1 aromatic rings. The van der Waals surface area contributed by atoms with Crippen LogP contribution < -0.4 is 5.73 Å². The number of Topliss-reactive ketones (excluding diaryl/α,β-unsaturated/α-hetero) is 1. The fourth-order valence-corrected chi connectivity index (χ4v) is 3.19. The van der Waals surface area contributed by atoms with E-state index in [-0.39, 0.29) is 17.6 Å². The molecule has 2 N–H and O–H groups in total. The molecule has 0 saturated carbocycles. The van der Waals surface area contributed by atoms with Gasteiger partial charge in [-0.05, 0) is 12.3 Å². The number of nitrogens with two attached hydrogens (primary N) is 1. The van der Waals surface area contributed by atoms with Crippen molar-refractivity contribution in [2.75, 3.05) is 26.0 Å². The van der Waals surface area contributed by atoms with Gasteiger partial charge in [-0.25, -0.2) is 0 Å². The van der Waals surface area contributed by atoms with Crippen molar-refractivity contribution in [3.05, 3.63) is 15.8 Å². The lowest BCUT2D eigenvalue weighted by Crippen LogP contribution is -2.27. The zero-order valence-corrected chi connectivity index (χ0v) is 11.5. The van der Waals surface area contributed by atoms with Gasteiger partial charge in [0.1, 0.15) is 0 Å². The second-order valence-electron chi connectivity index (χ2n) is 4.66. The van der Waals surface area contributed by atoms with E-state index in [4.69, 9.17) is 10.5 Å². The summed E-state index contributed by atoms with van der Waals surface area (Å²) in [6.45, 7) is 3.31. The maximum atomic E-state index is 12.6. The van der Waals surface area contributed by atoms with E-state index < -0.39 is 0 Å². The first-order valence-electron chi connectivity index (χ1n) is 6.05. The van der Waals surface area contributed by atoms with Gasteiger partial charge in [-0.1, -0.05) is 6.92 Å². The van der Waals surface area contributed by atoms with Crippen LogP contribution in [0.1, 0.15) is 28.6 Å². The minimum absolute atomic E-state index is 0.0574. The first-order chi connectivity index (χ1) is 8.65. The van der Waals surface area contributed by atoms with Crippen LogP contribution in [0.25, 0.3) is 0 Å². The van der Waals surface area contributed by atoms with E-state index >= 15 is 0 Å². The third kappa shape index (κ3) is 2.47. The van der Waals surface area contributed by atoms with E-state index in [1.807, 2.05) is 12.3 Å². The Morgan fingerprint density at radius 3 is 3.17 bits per heavy atom. The normalized spacial score (nSPS) is 21.2. The van der Waals surface area contributed by atoms with Crippen molar-refractivity contribution in [1.82, 2.24) is 0 Å². The highest BCUT2D eigenvalue weighted by Gasteiger charge is 2.30.